The minimum Gasteiger partial charge on any atom is -0.443 e. The lowest BCUT2D eigenvalue weighted by atomic mass is 9.83. The van der Waals surface area contributed by atoms with E-state index in [0.717, 1.165) is 11.1 Å². The van der Waals surface area contributed by atoms with Crippen LogP contribution in [0, 0.1) is 18.3 Å². The number of rotatable bonds is 7. The van der Waals surface area contributed by atoms with Crippen LogP contribution in [-0.4, -0.2) is 61.1 Å². The molecule has 0 saturated heterocycles. The van der Waals surface area contributed by atoms with E-state index in [1.807, 2.05) is 33.8 Å². The Labute approximate surface area is 272 Å². The Bertz CT molecular complexity index is 1700. The molecule has 2 N–H and O–H groups in total. The topological polar surface area (TPSA) is 142 Å². The summed E-state index contributed by atoms with van der Waals surface area (Å²) in [5.41, 5.74) is 3.34. The number of aryl methyl sites for hydroxylation is 1. The van der Waals surface area contributed by atoms with Gasteiger partial charge in [0.25, 0.3) is 5.91 Å². The van der Waals surface area contributed by atoms with Crippen LogP contribution in [-0.2, 0) is 14.6 Å². The van der Waals surface area contributed by atoms with E-state index in [0.29, 0.717) is 47.3 Å². The molecular weight excluding hydrogens is 599 g/mol. The van der Waals surface area contributed by atoms with Crippen molar-refractivity contribution >= 4 is 37.6 Å². The minimum absolute atomic E-state index is 0.00601. The molecule has 46 heavy (non-hydrogen) atoms. The number of nitrogens with one attached hydrogen (secondary N) is 2. The van der Waals surface area contributed by atoms with Crippen LogP contribution in [0.5, 0.6) is 0 Å². The first-order valence-corrected chi connectivity index (χ1v) is 18.2. The van der Waals surface area contributed by atoms with Crippen LogP contribution in [0.1, 0.15) is 75.6 Å². The van der Waals surface area contributed by atoms with Crippen LogP contribution >= 0.6 is 0 Å². The number of carbonyl (C=O) groups excluding carboxylic acids is 2. The number of amides is 2. The van der Waals surface area contributed by atoms with Crippen molar-refractivity contribution in [3.05, 3.63) is 59.0 Å². The van der Waals surface area contributed by atoms with Gasteiger partial charge >= 0.3 is 6.09 Å². The van der Waals surface area contributed by atoms with Gasteiger partial charge in [0, 0.05) is 49.3 Å². The molecule has 0 saturated carbocycles. The van der Waals surface area contributed by atoms with Gasteiger partial charge < -0.3 is 19.8 Å². The lowest BCUT2D eigenvalue weighted by Crippen LogP contribution is -2.46. The van der Waals surface area contributed by atoms with Crippen molar-refractivity contribution in [3.8, 4) is 17.3 Å². The van der Waals surface area contributed by atoms with Gasteiger partial charge in [0.15, 0.2) is 8.32 Å². The average molecular weight is 644 g/mol. The highest BCUT2D eigenvalue weighted by Gasteiger charge is 2.47. The van der Waals surface area contributed by atoms with Gasteiger partial charge in [-0.3, -0.25) is 14.7 Å². The number of benzene rings is 1. The largest absolute Gasteiger partial charge is 0.443 e. The molecule has 244 valence electrons. The van der Waals surface area contributed by atoms with Crippen molar-refractivity contribution in [2.75, 3.05) is 30.4 Å². The second kappa shape index (κ2) is 12.5. The van der Waals surface area contributed by atoms with Gasteiger partial charge in [0.1, 0.15) is 17.4 Å². The highest BCUT2D eigenvalue weighted by molar-refractivity contribution is 6.74. The molecule has 0 spiro atoms. The third-order valence-corrected chi connectivity index (χ3v) is 13.1. The van der Waals surface area contributed by atoms with Gasteiger partial charge in [-0.05, 0) is 81.2 Å². The number of hydrogen-bond donors (Lipinski definition) is 2. The molecule has 0 fully saturated rings. The summed E-state index contributed by atoms with van der Waals surface area (Å²) in [6.45, 7) is 21.1. The van der Waals surface area contributed by atoms with Gasteiger partial charge in [-0.25, -0.2) is 14.8 Å². The Hall–Kier alpha value is -4.34. The highest BCUT2D eigenvalue weighted by Crippen LogP contribution is 2.47. The molecule has 0 unspecified atom stereocenters. The summed E-state index contributed by atoms with van der Waals surface area (Å²) in [6.07, 6.45) is 2.73. The second-order valence-corrected chi connectivity index (χ2v) is 19.4. The minimum atomic E-state index is -2.15. The number of pyridine rings is 1. The van der Waals surface area contributed by atoms with E-state index in [1.165, 1.54) is 0 Å². The highest BCUT2D eigenvalue weighted by atomic mass is 28.4. The monoisotopic (exact) mass is 643 g/mol. The number of nitrogens with zero attached hydrogens (tertiary/aromatic N) is 5. The van der Waals surface area contributed by atoms with E-state index in [1.54, 1.807) is 42.5 Å². The number of fused-ring (bicyclic) bond motifs is 1. The van der Waals surface area contributed by atoms with Crippen LogP contribution < -0.4 is 15.5 Å². The predicted octanol–water partition coefficient (Wildman–Crippen LogP) is 6.86. The average Bonchev–Trinajstić information content (AvgIpc) is 3.28. The first-order chi connectivity index (χ1) is 21.3. The molecule has 3 heterocycles. The SMILES string of the molecule is CNC(=O)c1cc(Nc2nccc(-c3cc(C#N)c4c(c3)[C@@](C)(CO[Si](C)(C)C(C)(C)C)CN4C(=O)OC(C)(C)C)n2)c(C)cn1. The van der Waals surface area contributed by atoms with Crippen LogP contribution in [0.2, 0.25) is 18.1 Å². The van der Waals surface area contributed by atoms with Crippen molar-refractivity contribution in [2.45, 2.75) is 84.5 Å². The van der Waals surface area contributed by atoms with Crippen LogP contribution in [0.4, 0.5) is 22.1 Å². The smallest absolute Gasteiger partial charge is 0.414 e. The van der Waals surface area contributed by atoms with Gasteiger partial charge in [-0.2, -0.15) is 5.26 Å². The number of hydrogen-bond acceptors (Lipinski definition) is 9. The van der Waals surface area contributed by atoms with Gasteiger partial charge in [0.2, 0.25) is 5.95 Å². The summed E-state index contributed by atoms with van der Waals surface area (Å²) >= 11 is 0. The fourth-order valence-corrected chi connectivity index (χ4v) is 6.01. The zero-order valence-electron chi connectivity index (χ0n) is 28.7. The molecule has 0 aliphatic carbocycles. The number of anilines is 3. The predicted molar refractivity (Wildman–Crippen MR) is 182 cm³/mol. The fourth-order valence-electron chi connectivity index (χ4n) is 4.89. The Kier molecular flexibility index (Phi) is 9.35. The van der Waals surface area contributed by atoms with Gasteiger partial charge in [-0.1, -0.05) is 27.7 Å². The lowest BCUT2D eigenvalue weighted by molar-refractivity contribution is 0.0575. The Morgan fingerprint density at radius 3 is 2.43 bits per heavy atom. The molecular formula is C34H45N7O4Si. The van der Waals surface area contributed by atoms with Crippen LogP contribution in [0.15, 0.2) is 36.7 Å². The molecule has 0 radical (unpaired) electrons. The summed E-state index contributed by atoms with van der Waals surface area (Å²) in [5, 5.41) is 16.2. The fraction of sp³-hybridized carbons (Fsp3) is 0.471. The zero-order chi connectivity index (χ0) is 34.2. The van der Waals surface area contributed by atoms with E-state index in [-0.39, 0.29) is 16.6 Å². The number of aromatic nitrogens is 3. The Morgan fingerprint density at radius 1 is 1.13 bits per heavy atom. The molecule has 11 nitrogen and oxygen atoms in total. The normalized spacial score (nSPS) is 16.4. The molecule has 2 aromatic heterocycles. The first-order valence-electron chi connectivity index (χ1n) is 15.3. The zero-order valence-corrected chi connectivity index (χ0v) is 29.7. The molecule has 1 aliphatic heterocycles. The van der Waals surface area contributed by atoms with E-state index in [2.05, 4.69) is 67.5 Å². The maximum absolute atomic E-state index is 13.5. The number of nitriles is 1. The summed E-state index contributed by atoms with van der Waals surface area (Å²) in [7, 11) is -0.600. The van der Waals surface area contributed by atoms with Crippen molar-refractivity contribution in [1.29, 1.82) is 5.26 Å². The summed E-state index contributed by atoms with van der Waals surface area (Å²) in [5.74, 6) is 0.00830. The number of ether oxygens (including phenoxy) is 1. The maximum atomic E-state index is 13.5. The molecule has 12 heteroatoms. The maximum Gasteiger partial charge on any atom is 0.414 e. The third-order valence-electron chi connectivity index (χ3n) is 8.59. The van der Waals surface area contributed by atoms with Crippen LogP contribution in [0.3, 0.4) is 0 Å². The quantitative estimate of drug-likeness (QED) is 0.264. The molecule has 1 atom stereocenters. The summed E-state index contributed by atoms with van der Waals surface area (Å²) in [4.78, 5) is 40.6. The second-order valence-electron chi connectivity index (χ2n) is 14.6. The van der Waals surface area contributed by atoms with Crippen molar-refractivity contribution < 1.29 is 18.8 Å². The van der Waals surface area contributed by atoms with Crippen molar-refractivity contribution in [3.63, 3.8) is 0 Å². The lowest BCUT2D eigenvalue weighted by Gasteiger charge is -2.39. The van der Waals surface area contributed by atoms with Crippen molar-refractivity contribution in [2.24, 2.45) is 0 Å². The molecule has 4 rings (SSSR count). The van der Waals surface area contributed by atoms with Gasteiger partial charge in [0.05, 0.1) is 16.9 Å². The van der Waals surface area contributed by atoms with Gasteiger partial charge in [-0.15, -0.1) is 0 Å². The summed E-state index contributed by atoms with van der Waals surface area (Å²) in [6, 6.07) is 9.46. The van der Waals surface area contributed by atoms with E-state index < -0.39 is 25.4 Å². The number of carbonyl (C=O) groups is 2. The van der Waals surface area contributed by atoms with E-state index in [9.17, 15) is 14.9 Å². The molecule has 1 aliphatic rings. The van der Waals surface area contributed by atoms with E-state index in [4.69, 9.17) is 14.1 Å². The van der Waals surface area contributed by atoms with E-state index >= 15 is 0 Å². The summed E-state index contributed by atoms with van der Waals surface area (Å²) < 4.78 is 12.5. The molecule has 2 amide bonds. The van der Waals surface area contributed by atoms with Crippen molar-refractivity contribution in [1.82, 2.24) is 20.3 Å². The first kappa shape index (κ1) is 34.5. The Morgan fingerprint density at radius 2 is 1.83 bits per heavy atom. The molecule has 3 aromatic rings. The standard InChI is InChI=1S/C34H45N7O4Si/c1-21-18-38-27(29(42)36-9)16-26(21)40-30-37-13-12-25(39-30)22-14-23(17-35)28-24(15-22)34(8,20-44-46(10,11)33(5,6)7)19-41(28)31(43)45-32(2,3)4/h12-16,18H,19-20H2,1-11H3,(H,36,42)(H,37,38,39,40)/t34-/m1/s1. The Balaban J connectivity index is 1.79. The molecule has 0 bridgehead atoms. The van der Waals surface area contributed by atoms with Crippen LogP contribution in [0.25, 0.3) is 11.3 Å². The molecule has 1 aromatic carbocycles. The third kappa shape index (κ3) is 7.21.